The molecule has 6 nitrogen and oxygen atoms in total. The van der Waals surface area contributed by atoms with Crippen molar-refractivity contribution in [2.45, 2.75) is 6.92 Å². The number of nitrogens with zero attached hydrogens (tertiary/aromatic N) is 3. The Morgan fingerprint density at radius 2 is 2.14 bits per heavy atom. The Balaban J connectivity index is 2.16. The van der Waals surface area contributed by atoms with Gasteiger partial charge in [0.2, 0.25) is 0 Å². The lowest BCUT2D eigenvalue weighted by molar-refractivity contribution is 0.102. The van der Waals surface area contributed by atoms with E-state index in [-0.39, 0.29) is 5.69 Å². The van der Waals surface area contributed by atoms with E-state index in [4.69, 9.17) is 16.9 Å². The summed E-state index contributed by atoms with van der Waals surface area (Å²) >= 11 is 5.98. The molecule has 21 heavy (non-hydrogen) atoms. The Morgan fingerprint density at radius 3 is 2.76 bits per heavy atom. The molecule has 1 heterocycles. The Labute approximate surface area is 126 Å². The van der Waals surface area contributed by atoms with E-state index in [9.17, 15) is 4.79 Å². The van der Waals surface area contributed by atoms with E-state index in [1.54, 1.807) is 24.3 Å². The van der Waals surface area contributed by atoms with Crippen molar-refractivity contribution >= 4 is 29.0 Å². The second kappa shape index (κ2) is 6.68. The Morgan fingerprint density at radius 1 is 1.33 bits per heavy atom. The van der Waals surface area contributed by atoms with Gasteiger partial charge in [-0.15, -0.1) is 10.2 Å². The van der Waals surface area contributed by atoms with Crippen molar-refractivity contribution in [2.24, 2.45) is 0 Å². The first-order valence-corrected chi connectivity index (χ1v) is 6.60. The van der Waals surface area contributed by atoms with Gasteiger partial charge in [0, 0.05) is 6.54 Å². The molecule has 2 aromatic rings. The van der Waals surface area contributed by atoms with Crippen LogP contribution < -0.4 is 10.6 Å². The molecule has 1 amide bonds. The van der Waals surface area contributed by atoms with Crippen LogP contribution in [0.15, 0.2) is 30.3 Å². The van der Waals surface area contributed by atoms with Gasteiger partial charge in [0.05, 0.1) is 22.3 Å². The maximum absolute atomic E-state index is 12.1. The minimum atomic E-state index is -0.442. The van der Waals surface area contributed by atoms with Gasteiger partial charge in [-0.2, -0.15) is 5.26 Å². The van der Waals surface area contributed by atoms with Gasteiger partial charge in [-0.1, -0.05) is 11.6 Å². The number of nitriles is 1. The molecule has 0 aliphatic heterocycles. The predicted octanol–water partition coefficient (Wildman–Crippen LogP) is 2.69. The summed E-state index contributed by atoms with van der Waals surface area (Å²) in [6.45, 7) is 2.66. The van der Waals surface area contributed by atoms with Gasteiger partial charge in [0.15, 0.2) is 5.69 Å². The summed E-state index contributed by atoms with van der Waals surface area (Å²) in [6.07, 6.45) is 0. The van der Waals surface area contributed by atoms with Gasteiger partial charge in [0.25, 0.3) is 5.91 Å². The molecule has 106 valence electrons. The van der Waals surface area contributed by atoms with Crippen LogP contribution in [0.1, 0.15) is 23.0 Å². The van der Waals surface area contributed by atoms with Gasteiger partial charge in [-0.05, 0) is 37.3 Å². The summed E-state index contributed by atoms with van der Waals surface area (Å²) in [6, 6.07) is 9.83. The van der Waals surface area contributed by atoms with Crippen LogP contribution in [0.25, 0.3) is 0 Å². The fourth-order valence-electron chi connectivity index (χ4n) is 1.61. The zero-order valence-corrected chi connectivity index (χ0v) is 12.0. The molecule has 1 aromatic heterocycles. The molecule has 0 aliphatic rings. The molecule has 0 atom stereocenters. The molecule has 0 unspecified atom stereocenters. The van der Waals surface area contributed by atoms with Crippen molar-refractivity contribution in [3.8, 4) is 6.07 Å². The third-order valence-corrected chi connectivity index (χ3v) is 2.93. The van der Waals surface area contributed by atoms with Crippen molar-refractivity contribution in [1.82, 2.24) is 10.2 Å². The number of amides is 1. The van der Waals surface area contributed by atoms with Crippen LogP contribution in [-0.4, -0.2) is 22.6 Å². The van der Waals surface area contributed by atoms with Gasteiger partial charge in [-0.3, -0.25) is 4.79 Å². The lowest BCUT2D eigenvalue weighted by atomic mass is 10.2. The number of hydrogen-bond acceptors (Lipinski definition) is 5. The van der Waals surface area contributed by atoms with Gasteiger partial charge in [0.1, 0.15) is 5.82 Å². The fraction of sp³-hybridized carbons (Fsp3) is 0.143. The highest BCUT2D eigenvalue weighted by atomic mass is 35.5. The van der Waals surface area contributed by atoms with Crippen LogP contribution in [-0.2, 0) is 0 Å². The first-order chi connectivity index (χ1) is 10.1. The minimum Gasteiger partial charge on any atom is -0.369 e. The molecule has 0 bridgehead atoms. The number of benzene rings is 1. The molecular formula is C14H12ClN5O. The Kier molecular flexibility index (Phi) is 4.69. The molecular weight excluding hydrogens is 290 g/mol. The van der Waals surface area contributed by atoms with Crippen molar-refractivity contribution in [3.63, 3.8) is 0 Å². The van der Waals surface area contributed by atoms with Crippen molar-refractivity contribution in [3.05, 3.63) is 46.6 Å². The Hall–Kier alpha value is -2.65. The smallest absolute Gasteiger partial charge is 0.276 e. The van der Waals surface area contributed by atoms with Crippen molar-refractivity contribution < 1.29 is 4.79 Å². The molecule has 0 fully saturated rings. The first kappa shape index (κ1) is 14.8. The second-order valence-electron chi connectivity index (χ2n) is 4.09. The van der Waals surface area contributed by atoms with Crippen LogP contribution in [0.4, 0.5) is 11.5 Å². The standard InChI is InChI=1S/C14H12ClN5O/c1-2-17-13-6-5-11(19-20-13)14(21)18-12-7-9(8-16)3-4-10(12)15/h3-7H,2H2,1H3,(H,17,20)(H,18,21). The number of aromatic nitrogens is 2. The summed E-state index contributed by atoms with van der Waals surface area (Å²) in [5.41, 5.74) is 0.927. The maximum Gasteiger partial charge on any atom is 0.276 e. The molecule has 0 radical (unpaired) electrons. The van der Waals surface area contributed by atoms with Gasteiger partial charge < -0.3 is 10.6 Å². The van der Waals surface area contributed by atoms with E-state index in [2.05, 4.69) is 20.8 Å². The number of carbonyl (C=O) groups is 1. The van der Waals surface area contributed by atoms with E-state index in [0.29, 0.717) is 22.1 Å². The topological polar surface area (TPSA) is 90.7 Å². The number of carbonyl (C=O) groups excluding carboxylic acids is 1. The van der Waals surface area contributed by atoms with Crippen LogP contribution in [0.2, 0.25) is 5.02 Å². The molecule has 0 aliphatic carbocycles. The molecule has 0 saturated carbocycles. The number of rotatable bonds is 4. The monoisotopic (exact) mass is 301 g/mol. The molecule has 2 N–H and O–H groups in total. The lowest BCUT2D eigenvalue weighted by Gasteiger charge is -2.07. The largest absolute Gasteiger partial charge is 0.369 e. The number of hydrogen-bond donors (Lipinski definition) is 2. The van der Waals surface area contributed by atoms with Gasteiger partial charge in [-0.25, -0.2) is 0 Å². The normalized spacial score (nSPS) is 9.76. The SMILES string of the molecule is CCNc1ccc(C(=O)Nc2cc(C#N)ccc2Cl)nn1. The van der Waals surface area contributed by atoms with E-state index in [1.807, 2.05) is 13.0 Å². The zero-order chi connectivity index (χ0) is 15.2. The van der Waals surface area contributed by atoms with Crippen molar-refractivity contribution in [2.75, 3.05) is 17.2 Å². The van der Waals surface area contributed by atoms with Crippen LogP contribution in [0, 0.1) is 11.3 Å². The minimum absolute atomic E-state index is 0.162. The molecule has 0 saturated heterocycles. The van der Waals surface area contributed by atoms with E-state index < -0.39 is 5.91 Å². The highest BCUT2D eigenvalue weighted by molar-refractivity contribution is 6.33. The zero-order valence-electron chi connectivity index (χ0n) is 11.2. The highest BCUT2D eigenvalue weighted by Gasteiger charge is 2.11. The molecule has 7 heteroatoms. The molecule has 2 rings (SSSR count). The lowest BCUT2D eigenvalue weighted by Crippen LogP contribution is -2.15. The van der Waals surface area contributed by atoms with Crippen LogP contribution >= 0.6 is 11.6 Å². The average Bonchev–Trinajstić information content (AvgIpc) is 2.50. The number of halogens is 1. The summed E-state index contributed by atoms with van der Waals surface area (Å²) in [5, 5.41) is 22.5. The van der Waals surface area contributed by atoms with Crippen LogP contribution in [0.5, 0.6) is 0 Å². The summed E-state index contributed by atoms with van der Waals surface area (Å²) < 4.78 is 0. The average molecular weight is 302 g/mol. The summed E-state index contributed by atoms with van der Waals surface area (Å²) in [7, 11) is 0. The third kappa shape index (κ3) is 3.68. The fourth-order valence-corrected chi connectivity index (χ4v) is 1.77. The molecule has 0 spiro atoms. The van der Waals surface area contributed by atoms with E-state index >= 15 is 0 Å². The second-order valence-corrected chi connectivity index (χ2v) is 4.50. The maximum atomic E-state index is 12.1. The third-order valence-electron chi connectivity index (χ3n) is 2.60. The summed E-state index contributed by atoms with van der Waals surface area (Å²) in [4.78, 5) is 12.1. The number of anilines is 2. The van der Waals surface area contributed by atoms with Crippen molar-refractivity contribution in [1.29, 1.82) is 5.26 Å². The number of nitrogens with one attached hydrogen (secondary N) is 2. The molecule has 1 aromatic carbocycles. The first-order valence-electron chi connectivity index (χ1n) is 6.22. The van der Waals surface area contributed by atoms with Crippen LogP contribution in [0.3, 0.4) is 0 Å². The quantitative estimate of drug-likeness (QED) is 0.906. The Bertz CT molecular complexity index is 694. The predicted molar refractivity (Wildman–Crippen MR) is 80.3 cm³/mol. The van der Waals surface area contributed by atoms with Gasteiger partial charge >= 0.3 is 0 Å². The highest BCUT2D eigenvalue weighted by Crippen LogP contribution is 2.23. The van der Waals surface area contributed by atoms with E-state index in [1.165, 1.54) is 6.07 Å². The summed E-state index contributed by atoms with van der Waals surface area (Å²) in [5.74, 6) is 0.154. The van der Waals surface area contributed by atoms with E-state index in [0.717, 1.165) is 6.54 Å².